The fourth-order valence-electron chi connectivity index (χ4n) is 1.13. The summed E-state index contributed by atoms with van der Waals surface area (Å²) in [5, 5.41) is 9.60. The summed E-state index contributed by atoms with van der Waals surface area (Å²) in [6.45, 7) is 0.968. The topological polar surface area (TPSA) is 38.7 Å². The second-order valence-corrected chi connectivity index (χ2v) is 4.25. The van der Waals surface area contributed by atoms with Gasteiger partial charge in [0.2, 0.25) is 5.75 Å². The molecule has 1 aliphatic heterocycles. The molecule has 0 amide bonds. The number of phenols is 1. The quantitative estimate of drug-likeness (QED) is 0.801. The van der Waals surface area contributed by atoms with Crippen LogP contribution in [-0.2, 0) is 0 Å². The van der Waals surface area contributed by atoms with Crippen molar-refractivity contribution in [2.45, 2.75) is 0 Å². The molecular weight excluding hydrogens is 304 g/mol. The fourth-order valence-corrected chi connectivity index (χ4v) is 2.37. The minimum Gasteiger partial charge on any atom is -0.503 e. The molecular formula is C8H6Br2O3. The number of rotatable bonds is 0. The highest BCUT2D eigenvalue weighted by Crippen LogP contribution is 2.47. The molecule has 1 aliphatic rings. The molecule has 0 spiro atoms. The molecule has 0 aromatic heterocycles. The Labute approximate surface area is 91.9 Å². The minimum atomic E-state index is 0.0814. The van der Waals surface area contributed by atoms with E-state index in [1.54, 1.807) is 6.07 Å². The van der Waals surface area contributed by atoms with E-state index in [9.17, 15) is 5.11 Å². The molecule has 0 atom stereocenters. The van der Waals surface area contributed by atoms with Crippen LogP contribution in [0.4, 0.5) is 0 Å². The number of benzene rings is 1. The van der Waals surface area contributed by atoms with Gasteiger partial charge in [0.15, 0.2) is 11.5 Å². The van der Waals surface area contributed by atoms with Crippen LogP contribution in [0, 0.1) is 0 Å². The lowest BCUT2D eigenvalue weighted by Gasteiger charge is -2.20. The van der Waals surface area contributed by atoms with Crippen LogP contribution in [0.5, 0.6) is 17.2 Å². The van der Waals surface area contributed by atoms with E-state index in [1.165, 1.54) is 0 Å². The molecule has 13 heavy (non-hydrogen) atoms. The van der Waals surface area contributed by atoms with Crippen LogP contribution in [0.15, 0.2) is 15.0 Å². The predicted molar refractivity (Wildman–Crippen MR) is 54.5 cm³/mol. The summed E-state index contributed by atoms with van der Waals surface area (Å²) in [4.78, 5) is 0. The number of halogens is 2. The van der Waals surface area contributed by atoms with Crippen molar-refractivity contribution in [3.8, 4) is 17.2 Å². The van der Waals surface area contributed by atoms with E-state index in [-0.39, 0.29) is 5.75 Å². The molecule has 0 saturated heterocycles. The van der Waals surface area contributed by atoms with E-state index in [0.717, 1.165) is 4.47 Å². The monoisotopic (exact) mass is 308 g/mol. The maximum atomic E-state index is 9.60. The summed E-state index contributed by atoms with van der Waals surface area (Å²) in [6, 6.07) is 1.73. The third-order valence-electron chi connectivity index (χ3n) is 1.69. The van der Waals surface area contributed by atoms with Crippen molar-refractivity contribution in [3.63, 3.8) is 0 Å². The molecule has 1 N–H and O–H groups in total. The molecule has 1 aromatic rings. The highest BCUT2D eigenvalue weighted by molar-refractivity contribution is 9.11. The lowest BCUT2D eigenvalue weighted by atomic mass is 10.3. The Hall–Kier alpha value is -0.420. The van der Waals surface area contributed by atoms with Crippen molar-refractivity contribution in [3.05, 3.63) is 15.0 Å². The molecule has 0 radical (unpaired) electrons. The predicted octanol–water partition coefficient (Wildman–Crippen LogP) is 2.69. The standard InChI is InChI=1S/C8H6Br2O3/c9-4-3-5(10)7-8(6(4)11)13-2-1-12-7/h3,11H,1-2H2. The summed E-state index contributed by atoms with van der Waals surface area (Å²) in [7, 11) is 0. The molecule has 2 rings (SSSR count). The molecule has 0 aliphatic carbocycles. The average Bonchev–Trinajstić information content (AvgIpc) is 2.15. The number of hydrogen-bond acceptors (Lipinski definition) is 3. The van der Waals surface area contributed by atoms with Crippen molar-refractivity contribution in [2.24, 2.45) is 0 Å². The first-order chi connectivity index (χ1) is 6.20. The van der Waals surface area contributed by atoms with Gasteiger partial charge in [-0.2, -0.15) is 0 Å². The van der Waals surface area contributed by atoms with Crippen molar-refractivity contribution in [1.29, 1.82) is 0 Å². The highest BCUT2D eigenvalue weighted by atomic mass is 79.9. The van der Waals surface area contributed by atoms with Gasteiger partial charge in [-0.05, 0) is 37.9 Å². The normalized spacial score (nSPS) is 14.3. The number of fused-ring (bicyclic) bond motifs is 1. The maximum Gasteiger partial charge on any atom is 0.205 e. The Kier molecular flexibility index (Phi) is 2.38. The SMILES string of the molecule is Oc1c(Br)cc(Br)c2c1OCCO2. The van der Waals surface area contributed by atoms with Gasteiger partial charge >= 0.3 is 0 Å². The van der Waals surface area contributed by atoms with Crippen molar-refractivity contribution in [1.82, 2.24) is 0 Å². The van der Waals surface area contributed by atoms with E-state index in [2.05, 4.69) is 31.9 Å². The lowest BCUT2D eigenvalue weighted by Crippen LogP contribution is -2.15. The molecule has 70 valence electrons. The molecule has 0 fully saturated rings. The molecule has 1 heterocycles. The van der Waals surface area contributed by atoms with E-state index >= 15 is 0 Å². The first-order valence-corrected chi connectivity index (χ1v) is 5.25. The van der Waals surface area contributed by atoms with Crippen LogP contribution in [0.2, 0.25) is 0 Å². The van der Waals surface area contributed by atoms with Crippen molar-refractivity contribution >= 4 is 31.9 Å². The van der Waals surface area contributed by atoms with E-state index < -0.39 is 0 Å². The zero-order valence-electron chi connectivity index (χ0n) is 6.51. The average molecular weight is 310 g/mol. The van der Waals surface area contributed by atoms with Crippen molar-refractivity contribution < 1.29 is 14.6 Å². The van der Waals surface area contributed by atoms with Gasteiger partial charge in [0.05, 0.1) is 8.95 Å². The van der Waals surface area contributed by atoms with Gasteiger partial charge in [0.25, 0.3) is 0 Å². The second kappa shape index (κ2) is 3.38. The summed E-state index contributed by atoms with van der Waals surface area (Å²) in [6.07, 6.45) is 0. The third kappa shape index (κ3) is 1.50. The molecule has 5 heteroatoms. The highest BCUT2D eigenvalue weighted by Gasteiger charge is 2.21. The summed E-state index contributed by atoms with van der Waals surface area (Å²) in [5.74, 6) is 1.04. The first kappa shape index (κ1) is 9.15. The summed E-state index contributed by atoms with van der Waals surface area (Å²) >= 11 is 6.53. The van der Waals surface area contributed by atoms with Crippen LogP contribution in [-0.4, -0.2) is 18.3 Å². The van der Waals surface area contributed by atoms with E-state index in [4.69, 9.17) is 9.47 Å². The Morgan fingerprint density at radius 1 is 1.08 bits per heavy atom. The summed E-state index contributed by atoms with van der Waals surface area (Å²) in [5.41, 5.74) is 0. The molecule has 3 nitrogen and oxygen atoms in total. The zero-order valence-corrected chi connectivity index (χ0v) is 9.68. The summed E-state index contributed by atoms with van der Waals surface area (Å²) < 4.78 is 12.0. The number of hydrogen-bond donors (Lipinski definition) is 1. The smallest absolute Gasteiger partial charge is 0.205 e. The van der Waals surface area contributed by atoms with Gasteiger partial charge in [-0.25, -0.2) is 0 Å². The molecule has 0 saturated carbocycles. The zero-order chi connectivity index (χ0) is 9.42. The Bertz CT molecular complexity index is 352. The first-order valence-electron chi connectivity index (χ1n) is 3.66. The Morgan fingerprint density at radius 3 is 2.38 bits per heavy atom. The molecule has 0 unspecified atom stereocenters. The largest absolute Gasteiger partial charge is 0.503 e. The van der Waals surface area contributed by atoms with Gasteiger partial charge in [-0.3, -0.25) is 0 Å². The molecule has 1 aromatic carbocycles. The van der Waals surface area contributed by atoms with Crippen LogP contribution in [0.3, 0.4) is 0 Å². The van der Waals surface area contributed by atoms with Gasteiger partial charge in [-0.15, -0.1) is 0 Å². The Balaban J connectivity index is 2.63. The van der Waals surface area contributed by atoms with Gasteiger partial charge in [0, 0.05) is 0 Å². The molecule has 0 bridgehead atoms. The van der Waals surface area contributed by atoms with Crippen LogP contribution in [0.1, 0.15) is 0 Å². The van der Waals surface area contributed by atoms with E-state index in [1.807, 2.05) is 0 Å². The van der Waals surface area contributed by atoms with Gasteiger partial charge in [-0.1, -0.05) is 0 Å². The minimum absolute atomic E-state index is 0.0814. The van der Waals surface area contributed by atoms with Crippen LogP contribution in [0.25, 0.3) is 0 Å². The van der Waals surface area contributed by atoms with E-state index in [0.29, 0.717) is 29.2 Å². The Morgan fingerprint density at radius 2 is 1.69 bits per heavy atom. The van der Waals surface area contributed by atoms with Crippen LogP contribution < -0.4 is 9.47 Å². The number of ether oxygens (including phenoxy) is 2. The third-order valence-corrected chi connectivity index (χ3v) is 2.89. The number of aromatic hydroxyl groups is 1. The van der Waals surface area contributed by atoms with Crippen LogP contribution >= 0.6 is 31.9 Å². The fraction of sp³-hybridized carbons (Fsp3) is 0.250. The van der Waals surface area contributed by atoms with Crippen molar-refractivity contribution in [2.75, 3.05) is 13.2 Å². The maximum absolute atomic E-state index is 9.60. The second-order valence-electron chi connectivity index (χ2n) is 2.54. The number of phenolic OH excluding ortho intramolecular Hbond substituents is 1. The van der Waals surface area contributed by atoms with Gasteiger partial charge < -0.3 is 14.6 Å². The van der Waals surface area contributed by atoms with Gasteiger partial charge in [0.1, 0.15) is 13.2 Å². The lowest BCUT2D eigenvalue weighted by molar-refractivity contribution is 0.164.